The van der Waals surface area contributed by atoms with Gasteiger partial charge in [-0.05, 0) is 50.5 Å². The molecule has 5 nitrogen and oxygen atoms in total. The summed E-state index contributed by atoms with van der Waals surface area (Å²) in [5, 5.41) is 2.32. The molecule has 2 aromatic rings. The lowest BCUT2D eigenvalue weighted by molar-refractivity contribution is -0.137. The molecule has 27 heavy (non-hydrogen) atoms. The Bertz CT molecular complexity index is 841. The van der Waals surface area contributed by atoms with Gasteiger partial charge in [-0.3, -0.25) is 4.79 Å². The molecule has 0 fully saturated rings. The number of aryl methyl sites for hydroxylation is 1. The number of rotatable bonds is 6. The van der Waals surface area contributed by atoms with Crippen molar-refractivity contribution in [2.75, 3.05) is 11.9 Å². The second-order valence-corrected chi connectivity index (χ2v) is 6.04. The Balaban J connectivity index is 2.08. The van der Waals surface area contributed by atoms with Crippen LogP contribution in [0.5, 0.6) is 0 Å². The van der Waals surface area contributed by atoms with Crippen molar-refractivity contribution in [3.63, 3.8) is 0 Å². The molecule has 0 spiro atoms. The first-order valence-electron chi connectivity index (χ1n) is 8.46. The molecule has 0 saturated carbocycles. The molecular formula is C19H21F3N2O3. The first-order valence-corrected chi connectivity index (χ1v) is 8.46. The highest BCUT2D eigenvalue weighted by molar-refractivity contribution is 5.92. The molecule has 1 amide bonds. The zero-order chi connectivity index (χ0) is 20.2. The van der Waals surface area contributed by atoms with Crippen LogP contribution in [0.15, 0.2) is 24.3 Å². The van der Waals surface area contributed by atoms with Crippen molar-refractivity contribution < 1.29 is 27.5 Å². The topological polar surface area (TPSA) is 71.2 Å². The summed E-state index contributed by atoms with van der Waals surface area (Å²) in [5.74, 6) is -1.02. The maximum atomic E-state index is 13.0. The van der Waals surface area contributed by atoms with Gasteiger partial charge >= 0.3 is 12.1 Å². The lowest BCUT2D eigenvalue weighted by Gasteiger charge is -2.13. The van der Waals surface area contributed by atoms with Gasteiger partial charge in [0.05, 0.1) is 17.9 Å². The molecule has 8 heteroatoms. The minimum absolute atomic E-state index is 0.0199. The molecule has 0 radical (unpaired) electrons. The molecule has 0 atom stereocenters. The Hall–Kier alpha value is -2.77. The average Bonchev–Trinajstić information content (AvgIpc) is 2.87. The number of H-pyrrole nitrogens is 1. The zero-order valence-electron chi connectivity index (χ0n) is 15.3. The van der Waals surface area contributed by atoms with Crippen LogP contribution in [-0.2, 0) is 22.1 Å². The maximum Gasteiger partial charge on any atom is 0.418 e. The van der Waals surface area contributed by atoms with Crippen LogP contribution >= 0.6 is 0 Å². The molecule has 0 saturated heterocycles. The number of anilines is 1. The number of hydrogen-bond acceptors (Lipinski definition) is 3. The van der Waals surface area contributed by atoms with Gasteiger partial charge in [0, 0.05) is 12.1 Å². The summed E-state index contributed by atoms with van der Waals surface area (Å²) in [4.78, 5) is 27.0. The van der Waals surface area contributed by atoms with Gasteiger partial charge in [-0.15, -0.1) is 0 Å². The molecule has 0 aliphatic carbocycles. The highest BCUT2D eigenvalue weighted by atomic mass is 19.4. The van der Waals surface area contributed by atoms with Crippen molar-refractivity contribution >= 4 is 17.6 Å². The van der Waals surface area contributed by atoms with Crippen LogP contribution in [0.4, 0.5) is 18.9 Å². The van der Waals surface area contributed by atoms with E-state index in [1.807, 2.05) is 0 Å². The van der Waals surface area contributed by atoms with E-state index in [1.54, 1.807) is 20.8 Å². The van der Waals surface area contributed by atoms with Crippen LogP contribution in [0.1, 0.15) is 46.2 Å². The van der Waals surface area contributed by atoms with Crippen LogP contribution < -0.4 is 5.32 Å². The van der Waals surface area contributed by atoms with Crippen molar-refractivity contribution in [3.8, 4) is 0 Å². The number of benzene rings is 1. The van der Waals surface area contributed by atoms with Crippen LogP contribution in [0.3, 0.4) is 0 Å². The molecule has 0 unspecified atom stereocenters. The molecule has 2 N–H and O–H groups in total. The summed E-state index contributed by atoms with van der Waals surface area (Å²) < 4.78 is 44.0. The molecule has 1 aromatic carbocycles. The predicted octanol–water partition coefficient (Wildman–Crippen LogP) is 4.40. The van der Waals surface area contributed by atoms with Crippen LogP contribution in [0.25, 0.3) is 0 Å². The number of amides is 1. The number of hydrogen-bond donors (Lipinski definition) is 2. The van der Waals surface area contributed by atoms with E-state index in [9.17, 15) is 22.8 Å². The number of ether oxygens (including phenoxy) is 1. The average molecular weight is 382 g/mol. The number of aromatic amines is 1. The maximum absolute atomic E-state index is 13.0. The Kier molecular flexibility index (Phi) is 6.30. The molecule has 0 aliphatic rings. The SMILES string of the molecule is CCOC(=O)c1[nH]c(C)c(CCC(=O)Nc2ccccc2C(F)(F)F)c1C. The number of carbonyl (C=O) groups is 2. The molecule has 1 aromatic heterocycles. The quantitative estimate of drug-likeness (QED) is 0.728. The Labute approximate surface area is 154 Å². The minimum Gasteiger partial charge on any atom is -0.461 e. The van der Waals surface area contributed by atoms with E-state index in [2.05, 4.69) is 10.3 Å². The van der Waals surface area contributed by atoms with Gasteiger partial charge in [-0.2, -0.15) is 13.2 Å². The van der Waals surface area contributed by atoms with E-state index in [0.717, 1.165) is 17.3 Å². The van der Waals surface area contributed by atoms with E-state index >= 15 is 0 Å². The molecular weight excluding hydrogens is 361 g/mol. The fourth-order valence-corrected chi connectivity index (χ4v) is 2.86. The van der Waals surface area contributed by atoms with Crippen LogP contribution in [0.2, 0.25) is 0 Å². The van der Waals surface area contributed by atoms with Gasteiger partial charge in [-0.1, -0.05) is 12.1 Å². The van der Waals surface area contributed by atoms with E-state index in [4.69, 9.17) is 4.74 Å². The van der Waals surface area contributed by atoms with Crippen LogP contribution in [0, 0.1) is 13.8 Å². The monoisotopic (exact) mass is 382 g/mol. The summed E-state index contributed by atoms with van der Waals surface area (Å²) in [6.45, 7) is 5.45. The molecule has 1 heterocycles. The first-order chi connectivity index (χ1) is 12.6. The Morgan fingerprint density at radius 1 is 1.19 bits per heavy atom. The Morgan fingerprint density at radius 2 is 1.85 bits per heavy atom. The summed E-state index contributed by atoms with van der Waals surface area (Å²) >= 11 is 0. The summed E-state index contributed by atoms with van der Waals surface area (Å²) in [6, 6.07) is 4.83. The van der Waals surface area contributed by atoms with Gasteiger partial charge in [-0.25, -0.2) is 4.79 Å². The van der Waals surface area contributed by atoms with E-state index in [-0.39, 0.29) is 25.1 Å². The molecule has 0 bridgehead atoms. The van der Waals surface area contributed by atoms with Gasteiger partial charge in [0.15, 0.2) is 0 Å². The number of carbonyl (C=O) groups excluding carboxylic acids is 2. The second kappa shape index (κ2) is 8.28. The van der Waals surface area contributed by atoms with Crippen molar-refractivity contribution in [3.05, 3.63) is 52.3 Å². The third kappa shape index (κ3) is 4.90. The minimum atomic E-state index is -4.55. The zero-order valence-corrected chi connectivity index (χ0v) is 15.3. The van der Waals surface area contributed by atoms with Gasteiger partial charge in [0.2, 0.25) is 5.91 Å². The highest BCUT2D eigenvalue weighted by Crippen LogP contribution is 2.34. The number of aromatic nitrogens is 1. The number of alkyl halides is 3. The summed E-state index contributed by atoms with van der Waals surface area (Å²) in [7, 11) is 0. The summed E-state index contributed by atoms with van der Waals surface area (Å²) in [5.41, 5.74) is 1.33. The number of para-hydroxylation sites is 1. The lowest BCUT2D eigenvalue weighted by atomic mass is 10.0. The standard InChI is InChI=1S/C19H21F3N2O3/c1-4-27-18(26)17-11(2)13(12(3)23-17)9-10-16(25)24-15-8-6-5-7-14(15)19(20,21)22/h5-8,23H,4,9-10H2,1-3H3,(H,24,25). The Morgan fingerprint density at radius 3 is 2.48 bits per heavy atom. The van der Waals surface area contributed by atoms with Crippen molar-refractivity contribution in [2.24, 2.45) is 0 Å². The lowest BCUT2D eigenvalue weighted by Crippen LogP contribution is -2.17. The highest BCUT2D eigenvalue weighted by Gasteiger charge is 2.33. The number of nitrogens with one attached hydrogen (secondary N) is 2. The smallest absolute Gasteiger partial charge is 0.418 e. The molecule has 0 aliphatic heterocycles. The van der Waals surface area contributed by atoms with E-state index in [1.165, 1.54) is 18.2 Å². The van der Waals surface area contributed by atoms with Gasteiger partial charge in [0.1, 0.15) is 5.69 Å². The first kappa shape index (κ1) is 20.5. The third-order valence-corrected chi connectivity index (χ3v) is 4.18. The van der Waals surface area contributed by atoms with Crippen molar-refractivity contribution in [2.45, 2.75) is 39.8 Å². The van der Waals surface area contributed by atoms with Crippen LogP contribution in [-0.4, -0.2) is 23.5 Å². The predicted molar refractivity (Wildman–Crippen MR) is 94.6 cm³/mol. The fraction of sp³-hybridized carbons (Fsp3) is 0.368. The number of esters is 1. The molecule has 2 rings (SSSR count). The van der Waals surface area contributed by atoms with Crippen molar-refractivity contribution in [1.82, 2.24) is 4.98 Å². The van der Waals surface area contributed by atoms with Crippen molar-refractivity contribution in [1.29, 1.82) is 0 Å². The number of halogens is 3. The normalized spacial score (nSPS) is 11.3. The van der Waals surface area contributed by atoms with Gasteiger partial charge in [0.25, 0.3) is 0 Å². The third-order valence-electron chi connectivity index (χ3n) is 4.18. The summed E-state index contributed by atoms with van der Waals surface area (Å²) in [6.07, 6.45) is -4.28. The van der Waals surface area contributed by atoms with Gasteiger partial charge < -0.3 is 15.0 Å². The van der Waals surface area contributed by atoms with E-state index < -0.39 is 23.6 Å². The largest absolute Gasteiger partial charge is 0.461 e. The second-order valence-electron chi connectivity index (χ2n) is 6.04. The molecule has 146 valence electrons. The van der Waals surface area contributed by atoms with E-state index in [0.29, 0.717) is 11.3 Å². The fourth-order valence-electron chi connectivity index (χ4n) is 2.86.